The summed E-state index contributed by atoms with van der Waals surface area (Å²) in [7, 11) is 0. The summed E-state index contributed by atoms with van der Waals surface area (Å²) in [6, 6.07) is 7.87. The molecule has 1 aromatic rings. The van der Waals surface area contributed by atoms with E-state index in [0.29, 0.717) is 6.54 Å². The highest BCUT2D eigenvalue weighted by atomic mass is 16.4. The molecule has 1 aromatic carbocycles. The molecule has 6 heteroatoms. The van der Waals surface area contributed by atoms with Gasteiger partial charge in [0, 0.05) is 25.6 Å². The quantitative estimate of drug-likeness (QED) is 0.710. The fraction of sp³-hybridized carbons (Fsp3) is 0.467. The number of hydrogen-bond acceptors (Lipinski definition) is 3. The third-order valence-corrected chi connectivity index (χ3v) is 3.09. The zero-order valence-corrected chi connectivity index (χ0v) is 12.3. The fourth-order valence-electron chi connectivity index (χ4n) is 1.89. The summed E-state index contributed by atoms with van der Waals surface area (Å²) in [5, 5.41) is 20.3. The number of benzene rings is 1. The molecule has 0 saturated carbocycles. The Morgan fingerprint density at radius 1 is 1.24 bits per heavy atom. The number of carbonyl (C=O) groups excluding carboxylic acids is 1. The average Bonchev–Trinajstić information content (AvgIpc) is 2.44. The predicted octanol–water partition coefficient (Wildman–Crippen LogP) is 1.44. The highest BCUT2D eigenvalue weighted by Gasteiger charge is 2.24. The zero-order chi connectivity index (χ0) is 15.8. The van der Waals surface area contributed by atoms with Crippen molar-refractivity contribution in [3.63, 3.8) is 0 Å². The minimum Gasteiger partial charge on any atom is -0.480 e. The van der Waals surface area contributed by atoms with E-state index in [2.05, 4.69) is 5.32 Å². The molecule has 1 atom stereocenters. The molecule has 21 heavy (non-hydrogen) atoms. The molecule has 0 radical (unpaired) electrons. The molecule has 0 unspecified atom stereocenters. The van der Waals surface area contributed by atoms with Gasteiger partial charge < -0.3 is 20.4 Å². The second-order valence-corrected chi connectivity index (χ2v) is 5.06. The number of aliphatic hydroxyl groups is 1. The minimum absolute atomic E-state index is 0.0155. The van der Waals surface area contributed by atoms with Crippen molar-refractivity contribution in [1.82, 2.24) is 10.2 Å². The first-order valence-electron chi connectivity index (χ1n) is 6.90. The first-order chi connectivity index (χ1) is 9.95. The van der Waals surface area contributed by atoms with Crippen molar-refractivity contribution < 1.29 is 19.8 Å². The van der Waals surface area contributed by atoms with Crippen LogP contribution in [0.2, 0.25) is 0 Å². The maximum atomic E-state index is 12.2. The van der Waals surface area contributed by atoms with Crippen molar-refractivity contribution in [3.8, 4) is 0 Å². The van der Waals surface area contributed by atoms with Crippen molar-refractivity contribution in [3.05, 3.63) is 35.9 Å². The van der Waals surface area contributed by atoms with Crippen LogP contribution in [-0.4, -0.2) is 45.8 Å². The lowest BCUT2D eigenvalue weighted by Crippen LogP contribution is -2.50. The van der Waals surface area contributed by atoms with Crippen molar-refractivity contribution in [2.75, 3.05) is 6.61 Å². The molecule has 0 aromatic heterocycles. The van der Waals surface area contributed by atoms with Crippen molar-refractivity contribution in [1.29, 1.82) is 0 Å². The van der Waals surface area contributed by atoms with Gasteiger partial charge in [-0.25, -0.2) is 9.59 Å². The van der Waals surface area contributed by atoms with Crippen LogP contribution < -0.4 is 5.32 Å². The van der Waals surface area contributed by atoms with E-state index in [1.54, 1.807) is 4.90 Å². The van der Waals surface area contributed by atoms with Crippen LogP contribution >= 0.6 is 0 Å². The van der Waals surface area contributed by atoms with Crippen LogP contribution in [0.5, 0.6) is 0 Å². The summed E-state index contributed by atoms with van der Waals surface area (Å²) in [5.74, 6) is -1.15. The number of amides is 2. The van der Waals surface area contributed by atoms with Crippen LogP contribution in [0.4, 0.5) is 4.79 Å². The summed E-state index contributed by atoms with van der Waals surface area (Å²) in [5.41, 5.74) is 0.968. The molecule has 116 valence electrons. The molecular formula is C15H22N2O4. The van der Waals surface area contributed by atoms with Gasteiger partial charge >= 0.3 is 12.0 Å². The first kappa shape index (κ1) is 17.0. The van der Waals surface area contributed by atoms with Gasteiger partial charge in [0.15, 0.2) is 0 Å². The van der Waals surface area contributed by atoms with Crippen molar-refractivity contribution in [2.45, 2.75) is 38.9 Å². The van der Waals surface area contributed by atoms with E-state index in [1.807, 2.05) is 44.2 Å². The van der Waals surface area contributed by atoms with Crippen LogP contribution in [0.1, 0.15) is 25.8 Å². The normalized spacial score (nSPS) is 12.0. The van der Waals surface area contributed by atoms with E-state index in [9.17, 15) is 9.59 Å². The molecule has 1 rings (SSSR count). The number of nitrogens with one attached hydrogen (secondary N) is 1. The molecule has 0 spiro atoms. The molecule has 0 fully saturated rings. The lowest BCUT2D eigenvalue weighted by atomic mass is 10.2. The number of hydrogen-bond donors (Lipinski definition) is 3. The molecular weight excluding hydrogens is 272 g/mol. The van der Waals surface area contributed by atoms with Gasteiger partial charge in [-0.05, 0) is 19.4 Å². The van der Waals surface area contributed by atoms with Gasteiger partial charge in [-0.3, -0.25) is 0 Å². The Morgan fingerprint density at radius 3 is 2.33 bits per heavy atom. The Labute approximate surface area is 124 Å². The number of carbonyl (C=O) groups is 2. The maximum Gasteiger partial charge on any atom is 0.326 e. The highest BCUT2D eigenvalue weighted by Crippen LogP contribution is 2.09. The molecule has 0 aliphatic heterocycles. The summed E-state index contributed by atoms with van der Waals surface area (Å²) < 4.78 is 0. The topological polar surface area (TPSA) is 89.9 Å². The highest BCUT2D eigenvalue weighted by molar-refractivity contribution is 5.82. The number of aliphatic hydroxyl groups excluding tert-OH is 1. The van der Waals surface area contributed by atoms with E-state index in [1.165, 1.54) is 0 Å². The van der Waals surface area contributed by atoms with Crippen LogP contribution in [0, 0.1) is 0 Å². The largest absolute Gasteiger partial charge is 0.480 e. The summed E-state index contributed by atoms with van der Waals surface area (Å²) in [6.07, 6.45) is -0.0155. The molecule has 0 bridgehead atoms. The summed E-state index contributed by atoms with van der Waals surface area (Å²) in [4.78, 5) is 24.8. The Balaban J connectivity index is 2.75. The fourth-order valence-corrected chi connectivity index (χ4v) is 1.89. The number of urea groups is 1. The lowest BCUT2D eigenvalue weighted by molar-refractivity contribution is -0.139. The van der Waals surface area contributed by atoms with Crippen LogP contribution in [0.3, 0.4) is 0 Å². The minimum atomic E-state index is -1.15. The second kappa shape index (κ2) is 8.26. The first-order valence-corrected chi connectivity index (χ1v) is 6.90. The number of carboxylic acid groups (broad SMARTS) is 1. The standard InChI is InChI=1S/C15H22N2O4/c1-11(2)17(10-12-6-4-3-5-7-12)15(21)16-13(8-9-18)14(19)20/h3-7,11,13,18H,8-10H2,1-2H3,(H,16,21)(H,19,20)/t13-/m0/s1. The van der Waals surface area contributed by atoms with E-state index in [4.69, 9.17) is 10.2 Å². The van der Waals surface area contributed by atoms with Gasteiger partial charge in [-0.1, -0.05) is 30.3 Å². The van der Waals surface area contributed by atoms with Gasteiger partial charge in [0.1, 0.15) is 6.04 Å². The monoisotopic (exact) mass is 294 g/mol. The van der Waals surface area contributed by atoms with Crippen molar-refractivity contribution in [2.24, 2.45) is 0 Å². The second-order valence-electron chi connectivity index (χ2n) is 5.06. The molecule has 0 aliphatic carbocycles. The van der Waals surface area contributed by atoms with Gasteiger partial charge in [0.05, 0.1) is 0 Å². The van der Waals surface area contributed by atoms with Gasteiger partial charge in [-0.15, -0.1) is 0 Å². The number of aliphatic carboxylic acids is 1. The lowest BCUT2D eigenvalue weighted by Gasteiger charge is -2.28. The van der Waals surface area contributed by atoms with Crippen LogP contribution in [0.15, 0.2) is 30.3 Å². The van der Waals surface area contributed by atoms with Crippen molar-refractivity contribution >= 4 is 12.0 Å². The zero-order valence-electron chi connectivity index (χ0n) is 12.3. The summed E-state index contributed by atoms with van der Waals surface area (Å²) >= 11 is 0. The van der Waals surface area contributed by atoms with Gasteiger partial charge in [-0.2, -0.15) is 0 Å². The van der Waals surface area contributed by atoms with E-state index < -0.39 is 18.0 Å². The SMILES string of the molecule is CC(C)N(Cc1ccccc1)C(=O)N[C@@H](CCO)C(=O)O. The molecule has 3 N–H and O–H groups in total. The smallest absolute Gasteiger partial charge is 0.326 e. The molecule has 0 heterocycles. The Morgan fingerprint density at radius 2 is 1.86 bits per heavy atom. The molecule has 6 nitrogen and oxygen atoms in total. The maximum absolute atomic E-state index is 12.2. The molecule has 0 saturated heterocycles. The van der Waals surface area contributed by atoms with Crippen LogP contribution in [-0.2, 0) is 11.3 Å². The number of nitrogens with zero attached hydrogens (tertiary/aromatic N) is 1. The Kier molecular flexibility index (Phi) is 6.68. The van der Waals surface area contributed by atoms with Gasteiger partial charge in [0.25, 0.3) is 0 Å². The Hall–Kier alpha value is -2.08. The number of rotatable bonds is 7. The van der Waals surface area contributed by atoms with Crippen LogP contribution in [0.25, 0.3) is 0 Å². The Bertz CT molecular complexity index is 462. The molecule has 0 aliphatic rings. The third kappa shape index (κ3) is 5.43. The number of carboxylic acids is 1. The van der Waals surface area contributed by atoms with E-state index in [0.717, 1.165) is 5.56 Å². The molecule has 2 amide bonds. The predicted molar refractivity (Wildman–Crippen MR) is 78.8 cm³/mol. The average molecular weight is 294 g/mol. The van der Waals surface area contributed by atoms with E-state index >= 15 is 0 Å². The van der Waals surface area contributed by atoms with E-state index in [-0.39, 0.29) is 19.1 Å². The summed E-state index contributed by atoms with van der Waals surface area (Å²) in [6.45, 7) is 3.84. The van der Waals surface area contributed by atoms with Gasteiger partial charge in [0.2, 0.25) is 0 Å². The third-order valence-electron chi connectivity index (χ3n) is 3.09.